The van der Waals surface area contributed by atoms with Crippen LogP contribution < -0.4 is 10.9 Å². The summed E-state index contributed by atoms with van der Waals surface area (Å²) >= 11 is 3.18. The van der Waals surface area contributed by atoms with Crippen LogP contribution in [0.15, 0.2) is 156 Å². The molecule has 6 aliphatic carbocycles. The van der Waals surface area contributed by atoms with Crippen LogP contribution in [0.5, 0.6) is 0 Å². The Morgan fingerprint density at radius 1 is 0.566 bits per heavy atom. The lowest BCUT2D eigenvalue weighted by Gasteiger charge is -2.64. The molecule has 16 heteroatoms. The van der Waals surface area contributed by atoms with Gasteiger partial charge in [-0.25, -0.2) is 0 Å². The van der Waals surface area contributed by atoms with Crippen molar-refractivity contribution < 1.29 is 48.3 Å². The monoisotopic (exact) mass is 1060 g/mol. The number of ketones is 2. The van der Waals surface area contributed by atoms with Crippen LogP contribution in [0.2, 0.25) is 0 Å². The Bertz CT molecular complexity index is 2790. The van der Waals surface area contributed by atoms with E-state index in [1.807, 2.05) is 95.7 Å². The highest BCUT2D eigenvalue weighted by atomic mass is 32.1. The van der Waals surface area contributed by atoms with Gasteiger partial charge >= 0.3 is 28.5 Å². The van der Waals surface area contributed by atoms with Gasteiger partial charge in [-0.3, -0.25) is 9.59 Å². The number of rotatable bonds is 14. The van der Waals surface area contributed by atoms with Gasteiger partial charge in [0.25, 0.3) is 0 Å². The summed E-state index contributed by atoms with van der Waals surface area (Å²) in [6.45, 7) is 14.1. The predicted octanol–water partition coefficient (Wildman–Crippen LogP) is 9.33. The van der Waals surface area contributed by atoms with Crippen molar-refractivity contribution >= 4 is 73.6 Å². The molecule has 14 rings (SSSR count). The van der Waals surface area contributed by atoms with Gasteiger partial charge in [-0.2, -0.15) is 0 Å². The van der Waals surface area contributed by atoms with Crippen LogP contribution >= 0.6 is 22.7 Å². The van der Waals surface area contributed by atoms with Crippen molar-refractivity contribution in [1.82, 2.24) is 0 Å². The predicted molar refractivity (Wildman–Crippen MR) is 306 cm³/mol. The van der Waals surface area contributed by atoms with Gasteiger partial charge in [0.05, 0.1) is 23.4 Å². The smallest absolute Gasteiger partial charge is 0.427 e. The van der Waals surface area contributed by atoms with Crippen LogP contribution in [0, 0.1) is 34.5 Å². The number of hydrogen-bond acceptors (Lipinski definition) is 12. The standard InChI is InChI=1S/C24H29BO3S.C16H21BO2.C14H15BO3S.C6H7BO2/c1-23(2)17-12-21(23)24(3)22(13-17)27-25(28-24)20(16-8-5-4-6-9-16)15-18(26)14-19-10-7-11-29-19;1-15(2)11-9-13(15)16(3)14(10-11)18-17(19-16)12-7-5-4-6-8-12;16-12(9-13-7-4-8-19-13)10-14(15(17)18)11-5-2-1-3-6-11;8-7(9)6-4-2-1-3-5-6/h4-11,17,20-22H,12-15H2,1-3H3;4-8,11,13-14H,9-10H2,1-3H3;1-8,14,17-18H,9-10H2;1-5,8-9H/t17?,20-,21?,22?,24-;11?,13?,14?,16-;14-;/m000./s1. The molecule has 2 aromatic heterocycles. The fourth-order valence-corrected chi connectivity index (χ4v) is 14.8. The van der Waals surface area contributed by atoms with Crippen LogP contribution in [-0.4, -0.2) is 83.5 Å². The Labute approximate surface area is 459 Å². The van der Waals surface area contributed by atoms with Gasteiger partial charge in [0.2, 0.25) is 0 Å². The molecule has 6 saturated carbocycles. The highest BCUT2D eigenvalue weighted by Crippen LogP contribution is 2.67. The summed E-state index contributed by atoms with van der Waals surface area (Å²) in [6.07, 6.45) is 6.63. The van der Waals surface area contributed by atoms with Crippen molar-refractivity contribution in [2.45, 2.75) is 128 Å². The molecule has 4 aromatic carbocycles. The average Bonchev–Trinajstić information content (AvgIpc) is 4.42. The molecule has 8 fully saturated rings. The normalized spacial score (nSPS) is 27.4. The Morgan fingerprint density at radius 2 is 1.03 bits per heavy atom. The summed E-state index contributed by atoms with van der Waals surface area (Å²) in [4.78, 5) is 27.0. The van der Waals surface area contributed by atoms with E-state index in [4.69, 9.17) is 28.7 Å². The van der Waals surface area contributed by atoms with Crippen molar-refractivity contribution in [3.63, 3.8) is 0 Å². The van der Waals surface area contributed by atoms with E-state index < -0.39 is 20.1 Å². The number of Topliss-reactive ketones (excluding diaryl/α,β-unsaturated/α-hetero) is 2. The zero-order valence-corrected chi connectivity index (χ0v) is 46.3. The van der Waals surface area contributed by atoms with Crippen LogP contribution in [0.4, 0.5) is 0 Å². The minimum atomic E-state index is -1.52. The molecule has 8 aliphatic rings. The minimum absolute atomic E-state index is 0.0180. The third-order valence-corrected chi connectivity index (χ3v) is 19.8. The fraction of sp³-hybridized carbons (Fsp3) is 0.433. The third kappa shape index (κ3) is 12.2. The maximum absolute atomic E-state index is 12.9. The van der Waals surface area contributed by atoms with Gasteiger partial charge in [-0.15, -0.1) is 22.7 Å². The molecular formula is C60H72B4O10S2. The summed E-state index contributed by atoms with van der Waals surface area (Å²) in [6, 6.07) is 46.3. The van der Waals surface area contributed by atoms with Gasteiger partial charge in [-0.05, 0) is 119 Å². The van der Waals surface area contributed by atoms with E-state index in [-0.39, 0.29) is 61.5 Å². The van der Waals surface area contributed by atoms with Crippen molar-refractivity contribution in [1.29, 1.82) is 0 Å². The quantitative estimate of drug-likeness (QED) is 0.0778. The highest BCUT2D eigenvalue weighted by Gasteiger charge is 2.69. The fourth-order valence-electron chi connectivity index (χ4n) is 13.3. The van der Waals surface area contributed by atoms with E-state index in [1.54, 1.807) is 35.6 Å². The first-order valence-corrected chi connectivity index (χ1v) is 28.8. The maximum atomic E-state index is 12.9. The Hall–Kier alpha value is -4.44. The van der Waals surface area contributed by atoms with Gasteiger partial charge in [0, 0.05) is 47.1 Å². The average molecular weight is 1060 g/mol. The lowest BCUT2D eigenvalue weighted by Crippen LogP contribution is -2.65. The molecule has 2 saturated heterocycles. The summed E-state index contributed by atoms with van der Waals surface area (Å²) in [7, 11) is -3.39. The van der Waals surface area contributed by atoms with Gasteiger partial charge in [0.15, 0.2) is 0 Å². The summed E-state index contributed by atoms with van der Waals surface area (Å²) < 4.78 is 25.9. The van der Waals surface area contributed by atoms with Gasteiger partial charge < -0.3 is 38.7 Å². The molecule has 4 N–H and O–H groups in total. The zero-order valence-electron chi connectivity index (χ0n) is 44.7. The third-order valence-electron chi connectivity index (χ3n) is 18.0. The molecule has 0 radical (unpaired) electrons. The summed E-state index contributed by atoms with van der Waals surface area (Å²) in [5, 5.41) is 40.0. The SMILES string of the molecule is CC1(C)C2CC3OB([C@@H](CC(=O)Cc4cccs4)c4ccccc4)O[C@@]3(C)C1C2.CC1(C)C2CC3OB(c4ccccc4)O[C@@]3(C)C1C2.O=C(Cc1cccs1)C[C@H](B(O)O)c1ccccc1.OB(O)c1ccccc1. The van der Waals surface area contributed by atoms with E-state index in [0.29, 0.717) is 47.4 Å². The first-order chi connectivity index (χ1) is 36.4. The molecule has 4 heterocycles. The number of hydrogen-bond donors (Lipinski definition) is 4. The van der Waals surface area contributed by atoms with Crippen molar-refractivity contribution in [2.75, 3.05) is 0 Å². The number of carbonyl (C=O) groups is 2. The molecular weight excluding hydrogens is 988 g/mol. The molecule has 6 aromatic rings. The van der Waals surface area contributed by atoms with Crippen molar-refractivity contribution in [3.05, 3.63) is 177 Å². The number of benzene rings is 4. The van der Waals surface area contributed by atoms with Crippen LogP contribution in [-0.2, 0) is 41.0 Å². The van der Waals surface area contributed by atoms with E-state index >= 15 is 0 Å². The molecule has 2 aliphatic heterocycles. The minimum Gasteiger partial charge on any atom is -0.427 e. The van der Waals surface area contributed by atoms with E-state index in [2.05, 4.69) is 77.9 Å². The van der Waals surface area contributed by atoms with Crippen molar-refractivity contribution in [3.8, 4) is 0 Å². The number of thiophene rings is 2. The molecule has 0 amide bonds. The Balaban J connectivity index is 0.000000132. The van der Waals surface area contributed by atoms with Crippen molar-refractivity contribution in [2.24, 2.45) is 34.5 Å². The summed E-state index contributed by atoms with van der Waals surface area (Å²) in [5.41, 5.74) is 3.97. The second-order valence-corrected chi connectivity index (χ2v) is 25.3. The van der Waals surface area contributed by atoms with Crippen LogP contribution in [0.3, 0.4) is 0 Å². The van der Waals surface area contributed by atoms with E-state index in [0.717, 1.165) is 51.0 Å². The molecule has 10 atom stereocenters. The molecule has 4 bridgehead atoms. The molecule has 6 unspecified atom stereocenters. The van der Waals surface area contributed by atoms with E-state index in [9.17, 15) is 19.6 Å². The maximum Gasteiger partial charge on any atom is 0.494 e. The van der Waals surface area contributed by atoms with Crippen LogP contribution in [0.25, 0.3) is 0 Å². The Morgan fingerprint density at radius 3 is 1.49 bits per heavy atom. The highest BCUT2D eigenvalue weighted by molar-refractivity contribution is 7.10. The van der Waals surface area contributed by atoms with Crippen LogP contribution in [0.1, 0.15) is 113 Å². The second kappa shape index (κ2) is 23.9. The van der Waals surface area contributed by atoms with E-state index in [1.165, 1.54) is 24.2 Å². The molecule has 396 valence electrons. The molecule has 0 spiro atoms. The first-order valence-electron chi connectivity index (χ1n) is 27.0. The second-order valence-electron chi connectivity index (χ2n) is 23.3. The summed E-state index contributed by atoms with van der Waals surface area (Å²) in [5.74, 6) is 2.35. The molecule has 10 nitrogen and oxygen atoms in total. The first kappa shape index (κ1) is 56.3. The van der Waals surface area contributed by atoms with Gasteiger partial charge in [0.1, 0.15) is 11.6 Å². The zero-order chi connectivity index (χ0) is 53.8. The Kier molecular flexibility index (Phi) is 17.7. The lowest BCUT2D eigenvalue weighted by molar-refractivity contribution is -0.199. The topological polar surface area (TPSA) is 152 Å². The van der Waals surface area contributed by atoms with Gasteiger partial charge in [-0.1, -0.05) is 161 Å². The lowest BCUT2D eigenvalue weighted by atomic mass is 9.43. The number of carbonyl (C=O) groups excluding carboxylic acids is 2. The molecule has 76 heavy (non-hydrogen) atoms. The largest absolute Gasteiger partial charge is 0.494 e.